The second-order valence-electron chi connectivity index (χ2n) is 3.55. The van der Waals surface area contributed by atoms with Crippen LogP contribution in [0.2, 0.25) is 0 Å². The molecular weight excluding hydrogens is 206 g/mol. The summed E-state index contributed by atoms with van der Waals surface area (Å²) in [4.78, 5) is 10.8. The van der Waals surface area contributed by atoms with Crippen LogP contribution in [0.1, 0.15) is 25.3 Å². The van der Waals surface area contributed by atoms with Crippen LogP contribution in [0.25, 0.3) is 0 Å². The Morgan fingerprint density at radius 1 is 1.38 bits per heavy atom. The van der Waals surface area contributed by atoms with E-state index in [2.05, 4.69) is 6.92 Å². The Morgan fingerprint density at radius 3 is 2.62 bits per heavy atom. The normalized spacial score (nSPS) is 9.88. The monoisotopic (exact) mass is 222 g/mol. The van der Waals surface area contributed by atoms with Gasteiger partial charge in [0.1, 0.15) is 5.75 Å². The molecule has 4 heteroatoms. The first-order valence-corrected chi connectivity index (χ1v) is 5.39. The number of hydrogen-bond donors (Lipinski definition) is 1. The molecule has 0 aliphatic heterocycles. The van der Waals surface area contributed by atoms with Crippen LogP contribution in [-0.2, 0) is 11.2 Å². The van der Waals surface area contributed by atoms with Crippen molar-refractivity contribution >= 4 is 5.91 Å². The molecule has 0 atom stereocenters. The van der Waals surface area contributed by atoms with Gasteiger partial charge in [-0.1, -0.05) is 25.5 Å². The summed E-state index contributed by atoms with van der Waals surface area (Å²) in [6.45, 7) is 2.81. The van der Waals surface area contributed by atoms with Crippen molar-refractivity contribution in [2.75, 3.05) is 6.61 Å². The second-order valence-corrected chi connectivity index (χ2v) is 3.55. The average Bonchev–Trinajstić information content (AvgIpc) is 2.31. The molecule has 88 valence electrons. The van der Waals surface area contributed by atoms with Gasteiger partial charge in [-0.15, -0.1) is 0 Å². The first kappa shape index (κ1) is 12.5. The van der Waals surface area contributed by atoms with Gasteiger partial charge in [0.2, 0.25) is 5.91 Å². The molecule has 0 spiro atoms. The van der Waals surface area contributed by atoms with Gasteiger partial charge in [-0.2, -0.15) is 0 Å². The van der Waals surface area contributed by atoms with Crippen molar-refractivity contribution in [1.82, 2.24) is 5.48 Å². The highest BCUT2D eigenvalue weighted by Gasteiger charge is 1.99. The fraction of sp³-hybridized carbons (Fsp3) is 0.417. The first-order chi connectivity index (χ1) is 7.76. The molecule has 1 aromatic rings. The standard InChI is InChI=1S/C12H16NO3/c1-2-3-8-16-11-6-4-10(5-7-11)9-12(14)13-15/h4-7H,2-3,8-9H2,1H3,(H-,13,14,15)/q-1. The summed E-state index contributed by atoms with van der Waals surface area (Å²) in [6.07, 6.45) is 2.24. The summed E-state index contributed by atoms with van der Waals surface area (Å²) in [5, 5.41) is 10.1. The summed E-state index contributed by atoms with van der Waals surface area (Å²) in [7, 11) is 0. The average molecular weight is 222 g/mol. The molecule has 0 aliphatic rings. The zero-order valence-corrected chi connectivity index (χ0v) is 9.36. The minimum absolute atomic E-state index is 0.110. The van der Waals surface area contributed by atoms with E-state index >= 15 is 0 Å². The van der Waals surface area contributed by atoms with E-state index in [0.29, 0.717) is 6.61 Å². The lowest BCUT2D eigenvalue weighted by atomic mass is 10.1. The van der Waals surface area contributed by atoms with E-state index in [0.717, 1.165) is 24.2 Å². The van der Waals surface area contributed by atoms with Crippen molar-refractivity contribution in [3.63, 3.8) is 0 Å². The van der Waals surface area contributed by atoms with Gasteiger partial charge < -0.3 is 15.4 Å². The van der Waals surface area contributed by atoms with Crippen molar-refractivity contribution < 1.29 is 9.53 Å². The van der Waals surface area contributed by atoms with Crippen LogP contribution in [0.4, 0.5) is 0 Å². The maximum Gasteiger partial charge on any atom is 0.213 e. The van der Waals surface area contributed by atoms with Gasteiger partial charge in [0, 0.05) is 0 Å². The molecule has 1 rings (SSSR count). The van der Waals surface area contributed by atoms with E-state index < -0.39 is 5.91 Å². The fourth-order valence-corrected chi connectivity index (χ4v) is 1.26. The van der Waals surface area contributed by atoms with Crippen LogP contribution in [0.3, 0.4) is 0 Å². The number of benzene rings is 1. The molecule has 0 heterocycles. The molecule has 0 aliphatic carbocycles. The number of carbonyl (C=O) groups is 1. The van der Waals surface area contributed by atoms with E-state index in [4.69, 9.17) is 4.74 Å². The van der Waals surface area contributed by atoms with E-state index in [1.165, 1.54) is 5.48 Å². The quantitative estimate of drug-likeness (QED) is 0.591. The Labute approximate surface area is 95.2 Å². The molecule has 0 bridgehead atoms. The molecule has 0 saturated carbocycles. The van der Waals surface area contributed by atoms with Crippen LogP contribution in [0.5, 0.6) is 5.75 Å². The fourth-order valence-electron chi connectivity index (χ4n) is 1.26. The van der Waals surface area contributed by atoms with Crippen LogP contribution < -0.4 is 10.2 Å². The van der Waals surface area contributed by atoms with E-state index in [1.54, 1.807) is 12.1 Å². The van der Waals surface area contributed by atoms with Crippen molar-refractivity contribution in [3.8, 4) is 5.75 Å². The predicted octanol–water partition coefficient (Wildman–Crippen LogP) is 2.02. The summed E-state index contributed by atoms with van der Waals surface area (Å²) in [5.74, 6) is 0.263. The van der Waals surface area contributed by atoms with Crippen molar-refractivity contribution in [1.29, 1.82) is 0 Å². The number of unbranched alkanes of at least 4 members (excludes halogenated alkanes) is 1. The first-order valence-electron chi connectivity index (χ1n) is 5.39. The topological polar surface area (TPSA) is 61.4 Å². The number of carbonyl (C=O) groups excluding carboxylic acids is 1. The summed E-state index contributed by atoms with van der Waals surface area (Å²) in [6, 6.07) is 7.19. The van der Waals surface area contributed by atoms with Crippen molar-refractivity contribution in [2.24, 2.45) is 0 Å². The highest BCUT2D eigenvalue weighted by molar-refractivity contribution is 5.78. The maximum absolute atomic E-state index is 10.8. The molecule has 0 saturated heterocycles. The zero-order valence-electron chi connectivity index (χ0n) is 9.36. The molecular formula is C12H16NO3-. The number of hydrogen-bond acceptors (Lipinski definition) is 3. The lowest BCUT2D eigenvalue weighted by Gasteiger charge is -2.08. The number of amides is 1. The van der Waals surface area contributed by atoms with Gasteiger partial charge in [0.25, 0.3) is 0 Å². The molecule has 1 aromatic carbocycles. The molecule has 0 radical (unpaired) electrons. The van der Waals surface area contributed by atoms with Gasteiger partial charge >= 0.3 is 0 Å². The number of nitrogens with one attached hydrogen (secondary N) is 1. The molecule has 16 heavy (non-hydrogen) atoms. The SMILES string of the molecule is CCCCOc1ccc(CC(=O)N[O-])cc1. The zero-order chi connectivity index (χ0) is 11.8. The number of hydroxylamine groups is 1. The molecule has 0 aromatic heterocycles. The van der Waals surface area contributed by atoms with Gasteiger partial charge in [-0.25, -0.2) is 0 Å². The van der Waals surface area contributed by atoms with Crippen molar-refractivity contribution in [2.45, 2.75) is 26.2 Å². The number of ether oxygens (including phenoxy) is 1. The third-order valence-electron chi connectivity index (χ3n) is 2.17. The Hall–Kier alpha value is -1.55. The predicted molar refractivity (Wildman–Crippen MR) is 62.1 cm³/mol. The Morgan fingerprint density at radius 2 is 2.06 bits per heavy atom. The lowest BCUT2D eigenvalue weighted by molar-refractivity contribution is -0.119. The van der Waals surface area contributed by atoms with Crippen LogP contribution in [-0.4, -0.2) is 12.5 Å². The molecule has 0 unspecified atom stereocenters. The Balaban J connectivity index is 2.44. The second kappa shape index (κ2) is 6.85. The molecule has 1 amide bonds. The van der Waals surface area contributed by atoms with E-state index in [1.807, 2.05) is 12.1 Å². The van der Waals surface area contributed by atoms with Gasteiger partial charge in [-0.3, -0.25) is 4.79 Å². The highest BCUT2D eigenvalue weighted by Crippen LogP contribution is 2.13. The van der Waals surface area contributed by atoms with Crippen LogP contribution in [0, 0.1) is 5.21 Å². The van der Waals surface area contributed by atoms with Gasteiger partial charge in [0.05, 0.1) is 13.0 Å². The Kier molecular flexibility index (Phi) is 5.36. The number of rotatable bonds is 6. The summed E-state index contributed by atoms with van der Waals surface area (Å²) >= 11 is 0. The largest absolute Gasteiger partial charge is 0.759 e. The lowest BCUT2D eigenvalue weighted by Crippen LogP contribution is -2.18. The molecule has 0 fully saturated rings. The Bertz CT molecular complexity index is 322. The molecule has 4 nitrogen and oxygen atoms in total. The van der Waals surface area contributed by atoms with Gasteiger partial charge in [0.15, 0.2) is 0 Å². The minimum atomic E-state index is -0.528. The smallest absolute Gasteiger partial charge is 0.213 e. The van der Waals surface area contributed by atoms with Crippen LogP contribution >= 0.6 is 0 Å². The minimum Gasteiger partial charge on any atom is -0.759 e. The summed E-state index contributed by atoms with van der Waals surface area (Å²) in [5.41, 5.74) is 2.15. The third kappa shape index (κ3) is 4.31. The maximum atomic E-state index is 10.8. The van der Waals surface area contributed by atoms with E-state index in [-0.39, 0.29) is 6.42 Å². The van der Waals surface area contributed by atoms with Gasteiger partial charge in [-0.05, 0) is 24.1 Å². The van der Waals surface area contributed by atoms with Crippen molar-refractivity contribution in [3.05, 3.63) is 35.0 Å². The third-order valence-corrected chi connectivity index (χ3v) is 2.17. The molecule has 1 N–H and O–H groups in total. The van der Waals surface area contributed by atoms with Crippen LogP contribution in [0.15, 0.2) is 24.3 Å². The van der Waals surface area contributed by atoms with E-state index in [9.17, 15) is 10.0 Å². The summed E-state index contributed by atoms with van der Waals surface area (Å²) < 4.78 is 5.47. The highest BCUT2D eigenvalue weighted by atomic mass is 16.5.